The summed E-state index contributed by atoms with van der Waals surface area (Å²) in [5.74, 6) is 0. The van der Waals surface area contributed by atoms with Crippen LogP contribution in [-0.4, -0.2) is 33.6 Å². The van der Waals surface area contributed by atoms with E-state index < -0.39 is 18.3 Å². The molecule has 0 saturated carbocycles. The highest BCUT2D eigenvalue weighted by molar-refractivity contribution is 4.95. The molecule has 0 saturated heterocycles. The van der Waals surface area contributed by atoms with E-state index in [9.17, 15) is 10.2 Å². The minimum absolute atomic E-state index is 0.401. The molecule has 0 radical (unpaired) electrons. The Morgan fingerprint density at radius 1 is 1.46 bits per heavy atom. The van der Waals surface area contributed by atoms with Gasteiger partial charge in [0, 0.05) is 0 Å². The number of rotatable bonds is 5. The Kier molecular flexibility index (Phi) is 5.21. The zero-order valence-corrected chi connectivity index (χ0v) is 8.62. The Hall–Kier alpha value is -0.380. The Labute approximate surface area is 79.7 Å². The molecular formula is C10H20O3. The highest BCUT2D eigenvalue weighted by atomic mass is 16.4. The van der Waals surface area contributed by atoms with E-state index >= 15 is 0 Å². The van der Waals surface area contributed by atoms with Gasteiger partial charge in [0.2, 0.25) is 0 Å². The molecule has 0 aromatic rings. The predicted molar refractivity (Wildman–Crippen MR) is 52.4 cm³/mol. The molecule has 0 aliphatic heterocycles. The summed E-state index contributed by atoms with van der Waals surface area (Å²) in [5.41, 5.74) is -0.00459. The molecule has 3 N–H and O–H groups in total. The van der Waals surface area contributed by atoms with Crippen LogP contribution in [0.3, 0.4) is 0 Å². The standard InChI is InChI=1S/C10H20O3/c1-8(2)5-4-6-10(3,13)9(12)7-11/h5,9,11-13H,4,6-7H2,1-3H3/t9?,10-/m1/s1. The van der Waals surface area contributed by atoms with Crippen molar-refractivity contribution in [2.24, 2.45) is 0 Å². The summed E-state index contributed by atoms with van der Waals surface area (Å²) in [5, 5.41) is 27.5. The quantitative estimate of drug-likeness (QED) is 0.560. The van der Waals surface area contributed by atoms with E-state index in [2.05, 4.69) is 0 Å². The number of aliphatic hydroxyl groups is 3. The number of hydrogen-bond donors (Lipinski definition) is 3. The first-order chi connectivity index (χ1) is 5.90. The molecule has 0 heterocycles. The van der Waals surface area contributed by atoms with Gasteiger partial charge in [0.25, 0.3) is 0 Å². The minimum Gasteiger partial charge on any atom is -0.394 e. The minimum atomic E-state index is -1.19. The molecule has 0 aliphatic rings. The maximum Gasteiger partial charge on any atom is 0.105 e. The Morgan fingerprint density at radius 2 is 2.00 bits per heavy atom. The van der Waals surface area contributed by atoms with Crippen LogP contribution >= 0.6 is 0 Å². The summed E-state index contributed by atoms with van der Waals surface area (Å²) >= 11 is 0. The van der Waals surface area contributed by atoms with Gasteiger partial charge in [-0.2, -0.15) is 0 Å². The molecule has 1 unspecified atom stereocenters. The van der Waals surface area contributed by atoms with E-state index in [-0.39, 0.29) is 0 Å². The molecule has 0 amide bonds. The molecule has 3 nitrogen and oxygen atoms in total. The summed E-state index contributed by atoms with van der Waals surface area (Å²) in [4.78, 5) is 0. The maximum absolute atomic E-state index is 9.66. The van der Waals surface area contributed by atoms with Crippen molar-refractivity contribution in [1.29, 1.82) is 0 Å². The van der Waals surface area contributed by atoms with Gasteiger partial charge < -0.3 is 15.3 Å². The van der Waals surface area contributed by atoms with Gasteiger partial charge in [-0.05, 0) is 33.6 Å². The summed E-state index contributed by atoms with van der Waals surface area (Å²) in [6.07, 6.45) is 2.11. The van der Waals surface area contributed by atoms with Gasteiger partial charge >= 0.3 is 0 Å². The van der Waals surface area contributed by atoms with Crippen LogP contribution in [0.1, 0.15) is 33.6 Å². The molecule has 0 aliphatic carbocycles. The summed E-state index contributed by atoms with van der Waals surface area (Å²) in [7, 11) is 0. The molecule has 0 spiro atoms. The van der Waals surface area contributed by atoms with Crippen LogP contribution in [-0.2, 0) is 0 Å². The lowest BCUT2D eigenvalue weighted by atomic mass is 9.93. The molecule has 0 aromatic heterocycles. The fourth-order valence-corrected chi connectivity index (χ4v) is 1.02. The van der Waals surface area contributed by atoms with E-state index in [0.717, 1.165) is 0 Å². The second-order valence-corrected chi connectivity index (χ2v) is 3.88. The van der Waals surface area contributed by atoms with E-state index in [4.69, 9.17) is 5.11 Å². The third kappa shape index (κ3) is 5.03. The number of hydrogen-bond acceptors (Lipinski definition) is 3. The van der Waals surface area contributed by atoms with Crippen molar-refractivity contribution < 1.29 is 15.3 Å². The van der Waals surface area contributed by atoms with Crippen molar-refractivity contribution in [2.45, 2.75) is 45.3 Å². The third-order valence-electron chi connectivity index (χ3n) is 2.09. The van der Waals surface area contributed by atoms with Crippen molar-refractivity contribution in [3.05, 3.63) is 11.6 Å². The largest absolute Gasteiger partial charge is 0.394 e. The van der Waals surface area contributed by atoms with Crippen molar-refractivity contribution >= 4 is 0 Å². The van der Waals surface area contributed by atoms with Gasteiger partial charge in [-0.3, -0.25) is 0 Å². The second kappa shape index (κ2) is 5.37. The summed E-state index contributed by atoms with van der Waals surface area (Å²) in [6, 6.07) is 0. The number of aliphatic hydroxyl groups excluding tert-OH is 2. The lowest BCUT2D eigenvalue weighted by Gasteiger charge is -2.27. The summed E-state index contributed by atoms with van der Waals surface area (Å²) in [6.45, 7) is 5.10. The normalized spacial score (nSPS) is 17.7. The number of allylic oxidation sites excluding steroid dienone is 2. The SMILES string of the molecule is CC(C)=CCC[C@@](C)(O)C(O)CO. The zero-order chi connectivity index (χ0) is 10.5. The fraction of sp³-hybridized carbons (Fsp3) is 0.800. The molecule has 13 heavy (non-hydrogen) atoms. The lowest BCUT2D eigenvalue weighted by Crippen LogP contribution is -2.41. The first-order valence-corrected chi connectivity index (χ1v) is 4.55. The van der Waals surface area contributed by atoms with Gasteiger partial charge in [-0.15, -0.1) is 0 Å². The highest BCUT2D eigenvalue weighted by Gasteiger charge is 2.28. The second-order valence-electron chi connectivity index (χ2n) is 3.88. The average molecular weight is 188 g/mol. The van der Waals surface area contributed by atoms with Crippen molar-refractivity contribution in [1.82, 2.24) is 0 Å². The molecule has 2 atom stereocenters. The Morgan fingerprint density at radius 3 is 2.38 bits per heavy atom. The molecular weight excluding hydrogens is 168 g/mol. The third-order valence-corrected chi connectivity index (χ3v) is 2.09. The van der Waals surface area contributed by atoms with E-state index in [0.29, 0.717) is 12.8 Å². The van der Waals surface area contributed by atoms with Crippen LogP contribution in [0.25, 0.3) is 0 Å². The van der Waals surface area contributed by atoms with Gasteiger partial charge in [-0.1, -0.05) is 11.6 Å². The predicted octanol–water partition coefficient (Wildman–Crippen LogP) is 0.837. The average Bonchev–Trinajstić information content (AvgIpc) is 2.01. The van der Waals surface area contributed by atoms with Gasteiger partial charge in [0.05, 0.1) is 12.2 Å². The molecule has 78 valence electrons. The Balaban J connectivity index is 3.96. The maximum atomic E-state index is 9.66. The van der Waals surface area contributed by atoms with Crippen LogP contribution in [0, 0.1) is 0 Å². The van der Waals surface area contributed by atoms with Crippen molar-refractivity contribution in [2.75, 3.05) is 6.61 Å². The first-order valence-electron chi connectivity index (χ1n) is 4.55. The van der Waals surface area contributed by atoms with Gasteiger partial charge in [0.15, 0.2) is 0 Å². The van der Waals surface area contributed by atoms with Crippen LogP contribution < -0.4 is 0 Å². The van der Waals surface area contributed by atoms with Crippen LogP contribution in [0.15, 0.2) is 11.6 Å². The molecule has 0 bridgehead atoms. The highest BCUT2D eigenvalue weighted by Crippen LogP contribution is 2.17. The van der Waals surface area contributed by atoms with Crippen LogP contribution in [0.5, 0.6) is 0 Å². The molecule has 3 heteroatoms. The zero-order valence-electron chi connectivity index (χ0n) is 8.62. The monoisotopic (exact) mass is 188 g/mol. The Bertz CT molecular complexity index is 169. The van der Waals surface area contributed by atoms with E-state index in [1.165, 1.54) is 12.5 Å². The van der Waals surface area contributed by atoms with Gasteiger partial charge in [-0.25, -0.2) is 0 Å². The smallest absolute Gasteiger partial charge is 0.105 e. The topological polar surface area (TPSA) is 60.7 Å². The summed E-state index contributed by atoms with van der Waals surface area (Å²) < 4.78 is 0. The van der Waals surface area contributed by atoms with Gasteiger partial charge in [0.1, 0.15) is 6.10 Å². The van der Waals surface area contributed by atoms with Crippen molar-refractivity contribution in [3.8, 4) is 0 Å². The lowest BCUT2D eigenvalue weighted by molar-refractivity contribution is -0.0866. The molecule has 0 fully saturated rings. The first kappa shape index (κ1) is 12.6. The van der Waals surface area contributed by atoms with E-state index in [1.807, 2.05) is 19.9 Å². The van der Waals surface area contributed by atoms with Crippen LogP contribution in [0.2, 0.25) is 0 Å². The van der Waals surface area contributed by atoms with Crippen molar-refractivity contribution in [3.63, 3.8) is 0 Å². The van der Waals surface area contributed by atoms with Crippen LogP contribution in [0.4, 0.5) is 0 Å². The molecule has 0 rings (SSSR count). The van der Waals surface area contributed by atoms with E-state index in [1.54, 1.807) is 0 Å². The molecule has 0 aromatic carbocycles. The fourth-order valence-electron chi connectivity index (χ4n) is 1.02.